The molecule has 0 saturated carbocycles. The molecular weight excluding hydrogens is 781 g/mol. The monoisotopic (exact) mass is 835 g/mol. The van der Waals surface area contributed by atoms with Crippen molar-refractivity contribution in [3.63, 3.8) is 0 Å². The zero-order chi connectivity index (χ0) is 33.2. The third kappa shape index (κ3) is 8.52. The molecule has 0 bridgehead atoms. The first-order valence-electron chi connectivity index (χ1n) is 15.6. The maximum Gasteiger partial charge on any atom is -1.00 e. The van der Waals surface area contributed by atoms with Gasteiger partial charge in [-0.2, -0.15) is 0 Å². The molecule has 44 heavy (non-hydrogen) atoms. The second kappa shape index (κ2) is 13.6. The molecule has 0 aromatic heterocycles. The Morgan fingerprint density at radius 2 is 0.886 bits per heavy atom. The van der Waals surface area contributed by atoms with Crippen molar-refractivity contribution in [1.29, 1.82) is 0 Å². The second-order valence-corrected chi connectivity index (χ2v) is 56.3. The number of halogens is 4. The van der Waals surface area contributed by atoms with E-state index >= 15 is 0 Å². The summed E-state index contributed by atoms with van der Waals surface area (Å²) in [5, 5.41) is 0. The van der Waals surface area contributed by atoms with Crippen molar-refractivity contribution in [3.8, 4) is 0 Å². The molecule has 0 spiro atoms. The molecular formula is C38H59Cl4Zr2. The maximum absolute atomic E-state index is 6.51. The summed E-state index contributed by atoms with van der Waals surface area (Å²) in [7, 11) is 13.0. The first kappa shape index (κ1) is 44.8. The minimum absolute atomic E-state index is 0. The first-order valence-corrected chi connectivity index (χ1v) is 31.8. The van der Waals surface area contributed by atoms with Crippen LogP contribution in [0.2, 0.25) is 13.9 Å². The van der Waals surface area contributed by atoms with Gasteiger partial charge in [-0.3, -0.25) is 0 Å². The van der Waals surface area contributed by atoms with E-state index in [9.17, 15) is 0 Å². The number of hydrogen-bond acceptors (Lipinski definition) is 0. The van der Waals surface area contributed by atoms with Gasteiger partial charge in [0.2, 0.25) is 0 Å². The van der Waals surface area contributed by atoms with E-state index in [-0.39, 0.29) is 35.6 Å². The molecule has 0 nitrogen and oxygen atoms in total. The maximum atomic E-state index is 6.51. The minimum Gasteiger partial charge on any atom is -1.00 e. The quantitative estimate of drug-likeness (QED) is 0.264. The van der Waals surface area contributed by atoms with Crippen molar-refractivity contribution < 1.29 is 64.4 Å². The molecule has 0 atom stereocenters. The molecule has 0 amide bonds. The topological polar surface area (TPSA) is 0 Å². The van der Waals surface area contributed by atoms with Gasteiger partial charge in [0.05, 0.1) is 0 Å². The van der Waals surface area contributed by atoms with E-state index in [4.69, 9.17) is 17.0 Å². The molecule has 0 heterocycles. The molecule has 4 aliphatic rings. The van der Waals surface area contributed by atoms with Crippen LogP contribution in [0.4, 0.5) is 0 Å². The van der Waals surface area contributed by atoms with Gasteiger partial charge in [0.1, 0.15) is 0 Å². The van der Waals surface area contributed by atoms with Crippen LogP contribution in [0.1, 0.15) is 110 Å². The number of allylic oxidation sites excluding steroid dienone is 16. The fourth-order valence-corrected chi connectivity index (χ4v) is 13.5. The SMILES string of the molecule is CC1=C(C)C(C)(C)C(C2=C(C)C(C)=C(C)C2(C)C)=C1C.CC1=C(C)C(C)(C)[C]([Zr+2])=C1C.[CH3][Zr]([CH3])([CH3])([Cl])([Cl])[C]1=CC=CC1.[Cl-].[Cl-]. The van der Waals surface area contributed by atoms with Gasteiger partial charge in [-0.05, 0) is 75.0 Å². The van der Waals surface area contributed by atoms with Gasteiger partial charge in [-0.25, -0.2) is 0 Å². The molecule has 0 N–H and O–H groups in total. The van der Waals surface area contributed by atoms with Crippen molar-refractivity contribution in [1.82, 2.24) is 0 Å². The smallest absolute Gasteiger partial charge is 1.00 e. The van der Waals surface area contributed by atoms with E-state index in [1.165, 1.54) is 47.9 Å². The van der Waals surface area contributed by atoms with Gasteiger partial charge in [0.25, 0.3) is 0 Å². The molecule has 0 radical (unpaired) electrons. The van der Waals surface area contributed by atoms with Crippen LogP contribution in [0.15, 0.2) is 86.1 Å². The normalized spacial score (nSPS) is 23.5. The van der Waals surface area contributed by atoms with Crippen LogP contribution in [0, 0.1) is 16.2 Å². The second-order valence-electron chi connectivity index (χ2n) is 16.6. The fraction of sp³-hybridized carbons (Fsp3) is 0.579. The van der Waals surface area contributed by atoms with Gasteiger partial charge < -0.3 is 24.8 Å². The Kier molecular flexibility index (Phi) is 13.9. The van der Waals surface area contributed by atoms with Crippen molar-refractivity contribution >= 4 is 17.0 Å². The van der Waals surface area contributed by atoms with Crippen molar-refractivity contribution in [3.05, 3.63) is 86.1 Å². The minimum atomic E-state index is -3.83. The molecule has 0 aromatic carbocycles. The van der Waals surface area contributed by atoms with Gasteiger partial charge in [0.15, 0.2) is 0 Å². The Morgan fingerprint density at radius 1 is 0.568 bits per heavy atom. The molecule has 0 unspecified atom stereocenters. The van der Waals surface area contributed by atoms with Crippen molar-refractivity contribution in [2.45, 2.75) is 124 Å². The molecule has 4 aliphatic carbocycles. The Bertz CT molecular complexity index is 1380. The summed E-state index contributed by atoms with van der Waals surface area (Å²) >= 11 is -2.26. The zero-order valence-corrected chi connectivity index (χ0v) is 38.9. The average molecular weight is 840 g/mol. The standard InChI is InChI=1S/C20H30.C10H15.C5H5.3CH3.4ClH.2Zr/c1-11-13(3)17(19(7,8)15(11)5)18-14(4)12(2)16(6)20(18,9)10;1-7-6-10(4,5)9(3)8(7)2;1-2-4-5-3-1;;;;;;;;;/h1-10H3;1-5H3;1-3H,4H2;3*1H3;4*1H;;/q;;;;;;;;;;2*+2/p-4. The fourth-order valence-electron chi connectivity index (χ4n) is 6.92. The van der Waals surface area contributed by atoms with E-state index in [1.54, 1.807) is 44.7 Å². The van der Waals surface area contributed by atoms with E-state index < -0.39 is 14.9 Å². The summed E-state index contributed by atoms with van der Waals surface area (Å²) in [6.07, 6.45) is 7.14. The van der Waals surface area contributed by atoms with Gasteiger partial charge in [0, 0.05) is 10.8 Å². The predicted molar refractivity (Wildman–Crippen MR) is 186 cm³/mol. The molecule has 247 valence electrons. The molecule has 0 aliphatic heterocycles. The molecule has 0 fully saturated rings. The van der Waals surface area contributed by atoms with Gasteiger partial charge >= 0.3 is 159 Å². The number of rotatable bonds is 2. The van der Waals surface area contributed by atoms with Crippen molar-refractivity contribution in [2.24, 2.45) is 16.2 Å². The summed E-state index contributed by atoms with van der Waals surface area (Å²) in [4.78, 5) is 0. The van der Waals surface area contributed by atoms with Crippen LogP contribution in [-0.4, -0.2) is 0 Å². The first-order chi connectivity index (χ1) is 18.4. The summed E-state index contributed by atoms with van der Waals surface area (Å²) in [5.41, 5.74) is 17.5. The Balaban J connectivity index is 0.000000663. The van der Waals surface area contributed by atoms with E-state index in [2.05, 4.69) is 116 Å². The van der Waals surface area contributed by atoms with Crippen LogP contribution in [0.25, 0.3) is 0 Å². The molecule has 4 rings (SSSR count). The third-order valence-corrected chi connectivity index (χ3v) is 23.6. The number of hydrogen-bond donors (Lipinski definition) is 0. The largest absolute Gasteiger partial charge is 1.00 e. The van der Waals surface area contributed by atoms with Crippen LogP contribution in [0.5, 0.6) is 0 Å². The van der Waals surface area contributed by atoms with Crippen LogP contribution in [-0.2, 0) is 39.6 Å². The van der Waals surface area contributed by atoms with E-state index in [1.807, 2.05) is 20.0 Å². The Labute approximate surface area is 304 Å². The van der Waals surface area contributed by atoms with Crippen LogP contribution >= 0.6 is 17.0 Å². The zero-order valence-electron chi connectivity index (χ0n) is 31.0. The third-order valence-electron chi connectivity index (χ3n) is 11.4. The van der Waals surface area contributed by atoms with Crippen LogP contribution in [0.3, 0.4) is 0 Å². The summed E-state index contributed by atoms with van der Waals surface area (Å²) < 4.78 is 8.96. The summed E-state index contributed by atoms with van der Waals surface area (Å²) in [6.45, 7) is 34.7. The predicted octanol–water partition coefficient (Wildman–Crippen LogP) is 8.07. The summed E-state index contributed by atoms with van der Waals surface area (Å²) in [6, 6.07) is 0. The van der Waals surface area contributed by atoms with E-state index in [0.29, 0.717) is 5.41 Å². The molecule has 0 aromatic rings. The summed E-state index contributed by atoms with van der Waals surface area (Å²) in [5.74, 6) is 0. The molecule has 6 heteroatoms. The molecule has 0 saturated heterocycles. The van der Waals surface area contributed by atoms with Crippen LogP contribution < -0.4 is 24.8 Å². The van der Waals surface area contributed by atoms with Gasteiger partial charge in [-0.1, -0.05) is 38.8 Å². The van der Waals surface area contributed by atoms with Crippen molar-refractivity contribution in [2.75, 3.05) is 0 Å². The average Bonchev–Trinajstić information content (AvgIpc) is 3.53. The van der Waals surface area contributed by atoms with Gasteiger partial charge in [-0.15, -0.1) is 0 Å². The Hall–Kier alpha value is 0.846. The Morgan fingerprint density at radius 3 is 1.02 bits per heavy atom. The van der Waals surface area contributed by atoms with E-state index in [0.717, 1.165) is 6.42 Å².